The van der Waals surface area contributed by atoms with E-state index in [0.717, 1.165) is 19.6 Å². The normalized spacial score (nSPS) is 13.8. The first-order chi connectivity index (χ1) is 5.70. The maximum Gasteiger partial charge on any atom is 0.0585 e. The number of nitrogens with one attached hydrogen (secondary N) is 1. The average molecular weight is 175 g/mol. The van der Waals surface area contributed by atoms with Gasteiger partial charge in [0.25, 0.3) is 0 Å². The number of hydrogen-bond donors (Lipinski definition) is 2. The van der Waals surface area contributed by atoms with Crippen molar-refractivity contribution in [2.75, 3.05) is 19.8 Å². The summed E-state index contributed by atoms with van der Waals surface area (Å²) in [5, 5.41) is 12.2. The van der Waals surface area contributed by atoms with E-state index in [-0.39, 0.29) is 12.6 Å². The highest BCUT2D eigenvalue weighted by Gasteiger charge is 2.07. The van der Waals surface area contributed by atoms with Crippen molar-refractivity contribution in [2.45, 2.75) is 39.3 Å². The van der Waals surface area contributed by atoms with E-state index in [1.807, 2.05) is 6.92 Å². The summed E-state index contributed by atoms with van der Waals surface area (Å²) >= 11 is 0. The van der Waals surface area contributed by atoms with Crippen molar-refractivity contribution in [1.82, 2.24) is 5.32 Å². The largest absolute Gasteiger partial charge is 0.395 e. The Labute approximate surface area is 75.1 Å². The van der Waals surface area contributed by atoms with Crippen LogP contribution in [0.2, 0.25) is 0 Å². The Morgan fingerprint density at radius 2 is 2.08 bits per heavy atom. The molecule has 0 aliphatic heterocycles. The van der Waals surface area contributed by atoms with Crippen molar-refractivity contribution in [1.29, 1.82) is 0 Å². The molecule has 0 aromatic carbocycles. The third kappa shape index (κ3) is 6.58. The van der Waals surface area contributed by atoms with Gasteiger partial charge in [0, 0.05) is 25.3 Å². The summed E-state index contributed by atoms with van der Waals surface area (Å²) in [4.78, 5) is 0. The Kier molecular flexibility index (Phi) is 7.45. The maximum atomic E-state index is 8.96. The van der Waals surface area contributed by atoms with Crippen LogP contribution in [0.15, 0.2) is 0 Å². The molecule has 0 aliphatic rings. The zero-order valence-corrected chi connectivity index (χ0v) is 8.34. The number of aliphatic hydroxyl groups excluding tert-OH is 1. The predicted octanol–water partition coefficient (Wildman–Crippen LogP) is 0.772. The fourth-order valence-electron chi connectivity index (χ4n) is 1.07. The smallest absolute Gasteiger partial charge is 0.0585 e. The van der Waals surface area contributed by atoms with E-state index in [4.69, 9.17) is 9.84 Å². The van der Waals surface area contributed by atoms with E-state index < -0.39 is 0 Å². The van der Waals surface area contributed by atoms with Crippen LogP contribution < -0.4 is 5.32 Å². The van der Waals surface area contributed by atoms with Crippen molar-refractivity contribution in [3.05, 3.63) is 0 Å². The molecule has 0 aliphatic carbocycles. The van der Waals surface area contributed by atoms with Gasteiger partial charge in [-0.05, 0) is 13.3 Å². The first kappa shape index (κ1) is 11.9. The highest BCUT2D eigenvalue weighted by molar-refractivity contribution is 4.67. The second-order valence-electron chi connectivity index (χ2n) is 3.19. The van der Waals surface area contributed by atoms with Crippen LogP contribution in [0.1, 0.15) is 27.2 Å². The molecule has 0 amide bonds. The topological polar surface area (TPSA) is 41.5 Å². The zero-order chi connectivity index (χ0) is 9.40. The Morgan fingerprint density at radius 1 is 1.42 bits per heavy atom. The highest BCUT2D eigenvalue weighted by atomic mass is 16.5. The SMILES string of the molecule is CCOCCC(CO)NC(C)C. The molecule has 0 saturated heterocycles. The standard InChI is InChI=1S/C9H21NO2/c1-4-12-6-5-9(7-11)10-8(2)3/h8-11H,4-7H2,1-3H3. The van der Waals surface area contributed by atoms with Gasteiger partial charge in [0.1, 0.15) is 0 Å². The van der Waals surface area contributed by atoms with Gasteiger partial charge in [0.05, 0.1) is 6.61 Å². The van der Waals surface area contributed by atoms with E-state index in [9.17, 15) is 0 Å². The van der Waals surface area contributed by atoms with Crippen LogP contribution in [0, 0.1) is 0 Å². The van der Waals surface area contributed by atoms with Gasteiger partial charge in [0.2, 0.25) is 0 Å². The molecule has 1 unspecified atom stereocenters. The van der Waals surface area contributed by atoms with Crippen molar-refractivity contribution in [3.63, 3.8) is 0 Å². The molecule has 0 aromatic heterocycles. The summed E-state index contributed by atoms with van der Waals surface area (Å²) in [6, 6.07) is 0.598. The van der Waals surface area contributed by atoms with Gasteiger partial charge in [-0.3, -0.25) is 0 Å². The fraction of sp³-hybridized carbons (Fsp3) is 1.00. The Bertz CT molecular complexity index is 96.5. The number of hydrogen-bond acceptors (Lipinski definition) is 3. The summed E-state index contributed by atoms with van der Waals surface area (Å²) in [6.45, 7) is 7.78. The van der Waals surface area contributed by atoms with Crippen LogP contribution in [0.25, 0.3) is 0 Å². The Hall–Kier alpha value is -0.120. The van der Waals surface area contributed by atoms with Crippen LogP contribution in [0.4, 0.5) is 0 Å². The first-order valence-corrected chi connectivity index (χ1v) is 4.65. The van der Waals surface area contributed by atoms with Gasteiger partial charge in [-0.2, -0.15) is 0 Å². The Morgan fingerprint density at radius 3 is 2.50 bits per heavy atom. The molecule has 3 nitrogen and oxygen atoms in total. The molecule has 0 rings (SSSR count). The second-order valence-corrected chi connectivity index (χ2v) is 3.19. The van der Waals surface area contributed by atoms with E-state index >= 15 is 0 Å². The molecule has 0 bridgehead atoms. The molecule has 0 spiro atoms. The maximum absolute atomic E-state index is 8.96. The van der Waals surface area contributed by atoms with Crippen LogP contribution in [0.3, 0.4) is 0 Å². The monoisotopic (exact) mass is 175 g/mol. The van der Waals surface area contributed by atoms with Gasteiger partial charge in [0.15, 0.2) is 0 Å². The lowest BCUT2D eigenvalue weighted by atomic mass is 10.2. The molecular weight excluding hydrogens is 154 g/mol. The number of aliphatic hydroxyl groups is 1. The van der Waals surface area contributed by atoms with Crippen LogP contribution in [-0.4, -0.2) is 37.0 Å². The van der Waals surface area contributed by atoms with Gasteiger partial charge < -0.3 is 15.2 Å². The lowest BCUT2D eigenvalue weighted by molar-refractivity contribution is 0.122. The molecule has 0 radical (unpaired) electrons. The summed E-state index contributed by atoms with van der Waals surface area (Å²) in [5.74, 6) is 0. The molecule has 0 aromatic rings. The Balaban J connectivity index is 3.39. The summed E-state index contributed by atoms with van der Waals surface area (Å²) in [5.41, 5.74) is 0. The van der Waals surface area contributed by atoms with Gasteiger partial charge in [-0.1, -0.05) is 13.8 Å². The van der Waals surface area contributed by atoms with Crippen molar-refractivity contribution in [2.24, 2.45) is 0 Å². The number of rotatable bonds is 7. The minimum atomic E-state index is 0.177. The van der Waals surface area contributed by atoms with Crippen LogP contribution >= 0.6 is 0 Å². The van der Waals surface area contributed by atoms with Gasteiger partial charge >= 0.3 is 0 Å². The first-order valence-electron chi connectivity index (χ1n) is 4.65. The molecule has 1 atom stereocenters. The third-order valence-corrected chi connectivity index (χ3v) is 1.60. The lowest BCUT2D eigenvalue weighted by Crippen LogP contribution is -2.38. The molecule has 3 heteroatoms. The summed E-state index contributed by atoms with van der Waals surface area (Å²) in [7, 11) is 0. The predicted molar refractivity (Wildman–Crippen MR) is 50.3 cm³/mol. The van der Waals surface area contributed by atoms with E-state index in [1.54, 1.807) is 0 Å². The minimum absolute atomic E-state index is 0.177. The van der Waals surface area contributed by atoms with Crippen molar-refractivity contribution >= 4 is 0 Å². The minimum Gasteiger partial charge on any atom is -0.395 e. The molecule has 74 valence electrons. The molecule has 0 heterocycles. The molecular formula is C9H21NO2. The second kappa shape index (κ2) is 7.53. The summed E-state index contributed by atoms with van der Waals surface area (Å²) in [6.07, 6.45) is 0.878. The van der Waals surface area contributed by atoms with Gasteiger partial charge in [-0.25, -0.2) is 0 Å². The fourth-order valence-corrected chi connectivity index (χ4v) is 1.07. The molecule has 0 saturated carbocycles. The van der Waals surface area contributed by atoms with Crippen molar-refractivity contribution < 1.29 is 9.84 Å². The number of ether oxygens (including phenoxy) is 1. The van der Waals surface area contributed by atoms with E-state index in [2.05, 4.69) is 19.2 Å². The average Bonchev–Trinajstić information content (AvgIpc) is 2.02. The molecule has 0 fully saturated rings. The van der Waals surface area contributed by atoms with Crippen LogP contribution in [-0.2, 0) is 4.74 Å². The molecule has 2 N–H and O–H groups in total. The molecule has 12 heavy (non-hydrogen) atoms. The van der Waals surface area contributed by atoms with Gasteiger partial charge in [-0.15, -0.1) is 0 Å². The highest BCUT2D eigenvalue weighted by Crippen LogP contribution is 1.94. The van der Waals surface area contributed by atoms with E-state index in [0.29, 0.717) is 6.04 Å². The lowest BCUT2D eigenvalue weighted by Gasteiger charge is -2.18. The van der Waals surface area contributed by atoms with E-state index in [1.165, 1.54) is 0 Å². The third-order valence-electron chi connectivity index (χ3n) is 1.60. The van der Waals surface area contributed by atoms with Crippen LogP contribution in [0.5, 0.6) is 0 Å². The zero-order valence-electron chi connectivity index (χ0n) is 8.34. The summed E-state index contributed by atoms with van der Waals surface area (Å²) < 4.78 is 5.20. The van der Waals surface area contributed by atoms with Crippen molar-refractivity contribution in [3.8, 4) is 0 Å². The quantitative estimate of drug-likeness (QED) is 0.562.